The van der Waals surface area contributed by atoms with Crippen LogP contribution in [0.1, 0.15) is 27.6 Å². The van der Waals surface area contributed by atoms with Crippen LogP contribution in [0.4, 0.5) is 0 Å². The van der Waals surface area contributed by atoms with Gasteiger partial charge in [0.05, 0.1) is 23.6 Å². The number of aromatic nitrogens is 1. The van der Waals surface area contributed by atoms with Gasteiger partial charge < -0.3 is 14.7 Å². The zero-order valence-electron chi connectivity index (χ0n) is 9.77. The Morgan fingerprint density at radius 2 is 2.29 bits per heavy atom. The summed E-state index contributed by atoms with van der Waals surface area (Å²) in [4.78, 5) is 12.1. The summed E-state index contributed by atoms with van der Waals surface area (Å²) >= 11 is 0. The van der Waals surface area contributed by atoms with Crippen molar-refractivity contribution in [2.75, 3.05) is 0 Å². The molecule has 17 heavy (non-hydrogen) atoms. The number of rotatable bonds is 4. The van der Waals surface area contributed by atoms with Gasteiger partial charge in [-0.1, -0.05) is 5.16 Å². The predicted octanol–water partition coefficient (Wildman–Crippen LogP) is 1.64. The zero-order chi connectivity index (χ0) is 12.4. The Bertz CT molecular complexity index is 494. The lowest BCUT2D eigenvalue weighted by Gasteiger charge is -2.08. The molecule has 0 amide bonds. The van der Waals surface area contributed by atoms with Crippen molar-refractivity contribution in [1.29, 1.82) is 0 Å². The summed E-state index contributed by atoms with van der Waals surface area (Å²) in [5.74, 6) is 1.03. The number of hydrogen-bond donors (Lipinski definition) is 1. The number of carbonyl (C=O) groups is 1. The average molecular weight is 234 g/mol. The van der Waals surface area contributed by atoms with Gasteiger partial charge in [0, 0.05) is 6.42 Å². The molecule has 0 aliphatic heterocycles. The summed E-state index contributed by atoms with van der Waals surface area (Å²) < 4.78 is 10.1. The SMILES string of the molecule is Cc1noc(C)c1C(=O)C(N)Cc1ccco1. The van der Waals surface area contributed by atoms with E-state index in [1.165, 1.54) is 0 Å². The van der Waals surface area contributed by atoms with Gasteiger partial charge in [-0.2, -0.15) is 0 Å². The van der Waals surface area contributed by atoms with E-state index in [9.17, 15) is 4.79 Å². The number of carbonyl (C=O) groups excluding carboxylic acids is 1. The topological polar surface area (TPSA) is 82.3 Å². The molecule has 2 N–H and O–H groups in total. The predicted molar refractivity (Wildman–Crippen MR) is 60.7 cm³/mol. The maximum atomic E-state index is 12.1. The molecule has 0 spiro atoms. The number of ketones is 1. The highest BCUT2D eigenvalue weighted by molar-refractivity contribution is 6.01. The molecule has 1 unspecified atom stereocenters. The molecule has 1 atom stereocenters. The summed E-state index contributed by atoms with van der Waals surface area (Å²) in [5.41, 5.74) is 6.91. The summed E-state index contributed by atoms with van der Waals surface area (Å²) in [6.07, 6.45) is 1.93. The maximum absolute atomic E-state index is 12.1. The summed E-state index contributed by atoms with van der Waals surface area (Å²) in [6.45, 7) is 3.43. The van der Waals surface area contributed by atoms with E-state index in [1.807, 2.05) is 0 Å². The Labute approximate surface area is 98.6 Å². The lowest BCUT2D eigenvalue weighted by Crippen LogP contribution is -2.33. The third-order valence-corrected chi connectivity index (χ3v) is 2.62. The maximum Gasteiger partial charge on any atom is 0.185 e. The van der Waals surface area contributed by atoms with Gasteiger partial charge >= 0.3 is 0 Å². The molecule has 0 radical (unpaired) electrons. The van der Waals surface area contributed by atoms with Crippen molar-refractivity contribution in [1.82, 2.24) is 5.16 Å². The van der Waals surface area contributed by atoms with Gasteiger partial charge in [0.1, 0.15) is 11.5 Å². The van der Waals surface area contributed by atoms with Gasteiger partial charge in [-0.05, 0) is 26.0 Å². The Morgan fingerprint density at radius 3 is 2.82 bits per heavy atom. The van der Waals surface area contributed by atoms with Crippen LogP contribution >= 0.6 is 0 Å². The van der Waals surface area contributed by atoms with Crippen LogP contribution in [0.25, 0.3) is 0 Å². The van der Waals surface area contributed by atoms with Gasteiger partial charge in [0.2, 0.25) is 0 Å². The molecule has 0 bridgehead atoms. The lowest BCUT2D eigenvalue weighted by atomic mass is 10.0. The molecule has 2 rings (SSSR count). The van der Waals surface area contributed by atoms with Crippen molar-refractivity contribution >= 4 is 5.78 Å². The first kappa shape index (κ1) is 11.6. The molecule has 0 fully saturated rings. The van der Waals surface area contributed by atoms with Crippen molar-refractivity contribution in [2.24, 2.45) is 5.73 Å². The minimum Gasteiger partial charge on any atom is -0.469 e. The van der Waals surface area contributed by atoms with Crippen molar-refractivity contribution in [3.05, 3.63) is 41.2 Å². The minimum absolute atomic E-state index is 0.169. The highest BCUT2D eigenvalue weighted by Gasteiger charge is 2.24. The first-order valence-corrected chi connectivity index (χ1v) is 5.34. The first-order valence-electron chi connectivity index (χ1n) is 5.34. The quantitative estimate of drug-likeness (QED) is 0.813. The third kappa shape index (κ3) is 2.29. The standard InChI is InChI=1S/C12H14N2O3/c1-7-11(8(2)17-14-7)12(15)10(13)6-9-4-3-5-16-9/h3-5,10H,6,13H2,1-2H3. The number of nitrogens with zero attached hydrogens (tertiary/aromatic N) is 1. The fourth-order valence-corrected chi connectivity index (χ4v) is 1.76. The van der Waals surface area contributed by atoms with Crippen LogP contribution in [0.2, 0.25) is 0 Å². The second-order valence-corrected chi connectivity index (χ2v) is 3.95. The van der Waals surface area contributed by atoms with Crippen molar-refractivity contribution in [2.45, 2.75) is 26.3 Å². The van der Waals surface area contributed by atoms with E-state index in [-0.39, 0.29) is 5.78 Å². The average Bonchev–Trinajstić information content (AvgIpc) is 2.89. The fraction of sp³-hybridized carbons (Fsp3) is 0.333. The summed E-state index contributed by atoms with van der Waals surface area (Å²) in [6, 6.07) is 2.92. The normalized spacial score (nSPS) is 12.6. The van der Waals surface area contributed by atoms with Crippen LogP contribution in [-0.2, 0) is 6.42 Å². The van der Waals surface area contributed by atoms with E-state index in [0.717, 1.165) is 0 Å². The number of Topliss-reactive ketones (excluding diaryl/α,β-unsaturated/α-hetero) is 1. The largest absolute Gasteiger partial charge is 0.469 e. The Kier molecular flexibility index (Phi) is 3.10. The Balaban J connectivity index is 2.15. The van der Waals surface area contributed by atoms with Crippen LogP contribution in [0.5, 0.6) is 0 Å². The fourth-order valence-electron chi connectivity index (χ4n) is 1.76. The second kappa shape index (κ2) is 4.55. The number of nitrogens with two attached hydrogens (primary N) is 1. The smallest absolute Gasteiger partial charge is 0.185 e. The number of hydrogen-bond acceptors (Lipinski definition) is 5. The third-order valence-electron chi connectivity index (χ3n) is 2.62. The van der Waals surface area contributed by atoms with E-state index >= 15 is 0 Å². The van der Waals surface area contributed by atoms with Gasteiger partial charge in [0.15, 0.2) is 5.78 Å². The monoisotopic (exact) mass is 234 g/mol. The van der Waals surface area contributed by atoms with Crippen molar-refractivity contribution in [3.8, 4) is 0 Å². The molecule has 0 saturated carbocycles. The van der Waals surface area contributed by atoms with Crippen LogP contribution in [0.15, 0.2) is 27.3 Å². The minimum atomic E-state index is -0.641. The highest BCUT2D eigenvalue weighted by Crippen LogP contribution is 2.15. The van der Waals surface area contributed by atoms with E-state index in [0.29, 0.717) is 29.2 Å². The van der Waals surface area contributed by atoms with Gasteiger partial charge in [-0.3, -0.25) is 4.79 Å². The summed E-state index contributed by atoms with van der Waals surface area (Å²) in [5, 5.41) is 3.74. The highest BCUT2D eigenvalue weighted by atomic mass is 16.5. The molecule has 2 aromatic heterocycles. The van der Waals surface area contributed by atoms with Crippen LogP contribution in [-0.4, -0.2) is 17.0 Å². The molecule has 0 aliphatic rings. The molecule has 0 saturated heterocycles. The number of aryl methyl sites for hydroxylation is 2. The molecule has 2 heterocycles. The van der Waals surface area contributed by atoms with E-state index in [2.05, 4.69) is 5.16 Å². The van der Waals surface area contributed by atoms with Gasteiger partial charge in [-0.25, -0.2) is 0 Å². The Morgan fingerprint density at radius 1 is 1.53 bits per heavy atom. The molecular formula is C12H14N2O3. The van der Waals surface area contributed by atoms with Crippen LogP contribution < -0.4 is 5.73 Å². The molecule has 5 heteroatoms. The Hall–Kier alpha value is -1.88. The van der Waals surface area contributed by atoms with Gasteiger partial charge in [0.25, 0.3) is 0 Å². The van der Waals surface area contributed by atoms with Gasteiger partial charge in [-0.15, -0.1) is 0 Å². The van der Waals surface area contributed by atoms with Crippen LogP contribution in [0, 0.1) is 13.8 Å². The molecule has 5 nitrogen and oxygen atoms in total. The summed E-state index contributed by atoms with van der Waals surface area (Å²) in [7, 11) is 0. The molecule has 90 valence electrons. The zero-order valence-corrected chi connectivity index (χ0v) is 9.77. The first-order chi connectivity index (χ1) is 8.09. The molecule has 2 aromatic rings. The molecule has 0 aliphatic carbocycles. The van der Waals surface area contributed by atoms with E-state index < -0.39 is 6.04 Å². The van der Waals surface area contributed by atoms with Crippen molar-refractivity contribution in [3.63, 3.8) is 0 Å². The second-order valence-electron chi connectivity index (χ2n) is 3.95. The van der Waals surface area contributed by atoms with Crippen molar-refractivity contribution < 1.29 is 13.7 Å². The lowest BCUT2D eigenvalue weighted by molar-refractivity contribution is 0.0956. The van der Waals surface area contributed by atoms with Crippen LogP contribution in [0.3, 0.4) is 0 Å². The number of furan rings is 1. The molecular weight excluding hydrogens is 220 g/mol. The molecule has 0 aromatic carbocycles. The van der Waals surface area contributed by atoms with E-state index in [4.69, 9.17) is 14.7 Å². The van der Waals surface area contributed by atoms with E-state index in [1.54, 1.807) is 32.2 Å².